The Labute approximate surface area is 161 Å². The molecule has 138 valence electrons. The van der Waals surface area contributed by atoms with Gasteiger partial charge >= 0.3 is 0 Å². The Kier molecular flexibility index (Phi) is 5.55. The zero-order valence-corrected chi connectivity index (χ0v) is 15.7. The molecule has 3 heteroatoms. The number of rotatable bonds is 6. The molecule has 2 unspecified atom stereocenters. The average Bonchev–Trinajstić information content (AvgIpc) is 2.69. The molecule has 0 amide bonds. The topological polar surface area (TPSA) is 36.3 Å². The van der Waals surface area contributed by atoms with Gasteiger partial charge in [0.15, 0.2) is 0 Å². The van der Waals surface area contributed by atoms with Gasteiger partial charge in [-0.1, -0.05) is 55.0 Å². The molecule has 27 heavy (non-hydrogen) atoms. The summed E-state index contributed by atoms with van der Waals surface area (Å²) in [5.41, 5.74) is 4.18. The fourth-order valence-electron chi connectivity index (χ4n) is 4.35. The molecular formula is C24H26N2O. The van der Waals surface area contributed by atoms with Crippen molar-refractivity contribution in [2.75, 3.05) is 6.61 Å². The van der Waals surface area contributed by atoms with Gasteiger partial charge in [-0.3, -0.25) is 4.90 Å². The SMILES string of the molecule is N#CCCOc1ccc(C2=CC3CCCC(C2)N3Cc2ccccc2)cc1. The molecule has 0 aliphatic carbocycles. The first-order valence-electron chi connectivity index (χ1n) is 9.94. The third-order valence-electron chi connectivity index (χ3n) is 5.70. The van der Waals surface area contributed by atoms with Gasteiger partial charge in [-0.05, 0) is 48.1 Å². The van der Waals surface area contributed by atoms with E-state index in [1.807, 2.05) is 12.1 Å². The third kappa shape index (κ3) is 4.23. The molecule has 3 nitrogen and oxygen atoms in total. The second-order valence-electron chi connectivity index (χ2n) is 7.49. The van der Waals surface area contributed by atoms with E-state index in [-0.39, 0.29) is 0 Å². The quantitative estimate of drug-likeness (QED) is 0.667. The van der Waals surface area contributed by atoms with Crippen molar-refractivity contribution in [1.82, 2.24) is 4.90 Å². The maximum absolute atomic E-state index is 8.61. The molecule has 4 rings (SSSR count). The highest BCUT2D eigenvalue weighted by Crippen LogP contribution is 2.38. The summed E-state index contributed by atoms with van der Waals surface area (Å²) < 4.78 is 5.60. The average molecular weight is 358 g/mol. The Morgan fingerprint density at radius 3 is 2.59 bits per heavy atom. The number of nitriles is 1. The van der Waals surface area contributed by atoms with Crippen LogP contribution in [-0.2, 0) is 6.54 Å². The van der Waals surface area contributed by atoms with Crippen molar-refractivity contribution in [3.63, 3.8) is 0 Å². The molecule has 2 aromatic carbocycles. The summed E-state index contributed by atoms with van der Waals surface area (Å²) in [6.45, 7) is 1.50. The second kappa shape index (κ2) is 8.41. The Bertz CT molecular complexity index is 820. The normalized spacial score (nSPS) is 22.0. The van der Waals surface area contributed by atoms with Crippen LogP contribution in [0, 0.1) is 11.3 Å². The standard InChI is InChI=1S/C24H26N2O/c25-14-5-15-27-24-12-10-20(11-13-24)21-16-22-8-4-9-23(17-21)26(22)18-19-6-2-1-3-7-19/h1-3,6-7,10-13,16,22-23H,4-5,8-9,15,17-18H2. The predicted molar refractivity (Wildman–Crippen MR) is 108 cm³/mol. The van der Waals surface area contributed by atoms with E-state index in [0.29, 0.717) is 25.1 Å². The van der Waals surface area contributed by atoms with Gasteiger partial charge in [0.05, 0.1) is 12.5 Å². The van der Waals surface area contributed by atoms with Gasteiger partial charge in [0.25, 0.3) is 0 Å². The summed E-state index contributed by atoms with van der Waals surface area (Å²) in [6.07, 6.45) is 7.91. The number of hydrogen-bond donors (Lipinski definition) is 0. The first-order valence-corrected chi connectivity index (χ1v) is 9.94. The van der Waals surface area contributed by atoms with Crippen LogP contribution in [0.1, 0.15) is 43.2 Å². The summed E-state index contributed by atoms with van der Waals surface area (Å²) in [5, 5.41) is 8.61. The highest BCUT2D eigenvalue weighted by atomic mass is 16.5. The maximum atomic E-state index is 8.61. The zero-order chi connectivity index (χ0) is 18.5. The summed E-state index contributed by atoms with van der Waals surface area (Å²) in [6, 6.07) is 22.5. The van der Waals surface area contributed by atoms with Crippen LogP contribution in [0.2, 0.25) is 0 Å². The lowest BCUT2D eigenvalue weighted by Crippen LogP contribution is -2.47. The van der Waals surface area contributed by atoms with E-state index in [4.69, 9.17) is 10.00 Å². The minimum absolute atomic E-state index is 0.424. The molecule has 2 aromatic rings. The van der Waals surface area contributed by atoms with Crippen LogP contribution in [-0.4, -0.2) is 23.6 Å². The minimum atomic E-state index is 0.424. The van der Waals surface area contributed by atoms with E-state index in [9.17, 15) is 0 Å². The highest BCUT2D eigenvalue weighted by Gasteiger charge is 2.33. The Hall–Kier alpha value is -2.57. The first kappa shape index (κ1) is 17.8. The van der Waals surface area contributed by atoms with E-state index >= 15 is 0 Å². The first-order chi connectivity index (χ1) is 13.3. The van der Waals surface area contributed by atoms with E-state index < -0.39 is 0 Å². The zero-order valence-electron chi connectivity index (χ0n) is 15.7. The fraction of sp³-hybridized carbons (Fsp3) is 0.375. The molecule has 2 heterocycles. The van der Waals surface area contributed by atoms with Crippen LogP contribution in [0.25, 0.3) is 5.57 Å². The van der Waals surface area contributed by atoms with Crippen molar-refractivity contribution in [2.45, 2.75) is 50.7 Å². The van der Waals surface area contributed by atoms with Crippen molar-refractivity contribution in [2.24, 2.45) is 0 Å². The minimum Gasteiger partial charge on any atom is -0.493 e. The van der Waals surface area contributed by atoms with Gasteiger partial charge in [0.2, 0.25) is 0 Å². The highest BCUT2D eigenvalue weighted by molar-refractivity contribution is 5.68. The lowest BCUT2D eigenvalue weighted by atomic mass is 9.82. The summed E-state index contributed by atoms with van der Waals surface area (Å²) >= 11 is 0. The second-order valence-corrected chi connectivity index (χ2v) is 7.49. The van der Waals surface area contributed by atoms with Gasteiger partial charge in [-0.2, -0.15) is 5.26 Å². The molecule has 0 aromatic heterocycles. The van der Waals surface area contributed by atoms with E-state index in [2.05, 4.69) is 59.5 Å². The predicted octanol–water partition coefficient (Wildman–Crippen LogP) is 5.19. The summed E-state index contributed by atoms with van der Waals surface area (Å²) in [4.78, 5) is 2.70. The monoisotopic (exact) mass is 358 g/mol. The van der Waals surface area contributed by atoms with Crippen LogP contribution >= 0.6 is 0 Å². The largest absolute Gasteiger partial charge is 0.493 e. The number of fused-ring (bicyclic) bond motifs is 2. The number of benzene rings is 2. The van der Waals surface area contributed by atoms with Crippen LogP contribution < -0.4 is 4.74 Å². The molecule has 0 spiro atoms. The molecule has 2 bridgehead atoms. The molecule has 0 N–H and O–H groups in total. The van der Waals surface area contributed by atoms with Crippen LogP contribution in [0.3, 0.4) is 0 Å². The van der Waals surface area contributed by atoms with Crippen LogP contribution in [0.15, 0.2) is 60.7 Å². The van der Waals surface area contributed by atoms with Crippen molar-refractivity contribution in [1.29, 1.82) is 5.26 Å². The Morgan fingerprint density at radius 1 is 1.04 bits per heavy atom. The molecular weight excluding hydrogens is 332 g/mol. The van der Waals surface area contributed by atoms with Crippen molar-refractivity contribution < 1.29 is 4.74 Å². The number of piperidine rings is 1. The van der Waals surface area contributed by atoms with E-state index in [1.165, 1.54) is 36.0 Å². The van der Waals surface area contributed by atoms with E-state index in [0.717, 1.165) is 18.7 Å². The summed E-state index contributed by atoms with van der Waals surface area (Å²) in [5.74, 6) is 0.844. The van der Waals surface area contributed by atoms with Crippen molar-refractivity contribution >= 4 is 5.57 Å². The summed E-state index contributed by atoms with van der Waals surface area (Å²) in [7, 11) is 0. The number of hydrogen-bond acceptors (Lipinski definition) is 3. The Morgan fingerprint density at radius 2 is 1.85 bits per heavy atom. The molecule has 2 aliphatic heterocycles. The molecule has 1 fully saturated rings. The van der Waals surface area contributed by atoms with E-state index in [1.54, 1.807) is 0 Å². The number of nitrogens with zero attached hydrogens (tertiary/aromatic N) is 2. The molecule has 2 aliphatic rings. The van der Waals surface area contributed by atoms with Gasteiger partial charge in [0, 0.05) is 18.6 Å². The van der Waals surface area contributed by atoms with Gasteiger partial charge in [-0.15, -0.1) is 0 Å². The van der Waals surface area contributed by atoms with Crippen LogP contribution in [0.5, 0.6) is 5.75 Å². The van der Waals surface area contributed by atoms with Gasteiger partial charge < -0.3 is 4.74 Å². The van der Waals surface area contributed by atoms with Crippen molar-refractivity contribution in [3.8, 4) is 11.8 Å². The lowest BCUT2D eigenvalue weighted by molar-refractivity contribution is 0.0951. The van der Waals surface area contributed by atoms with Gasteiger partial charge in [0.1, 0.15) is 12.4 Å². The Balaban J connectivity index is 1.48. The number of ether oxygens (including phenoxy) is 1. The third-order valence-corrected chi connectivity index (χ3v) is 5.70. The maximum Gasteiger partial charge on any atom is 0.119 e. The lowest BCUT2D eigenvalue weighted by Gasteiger charge is -2.45. The molecule has 1 saturated heterocycles. The smallest absolute Gasteiger partial charge is 0.119 e. The fourth-order valence-corrected chi connectivity index (χ4v) is 4.35. The van der Waals surface area contributed by atoms with Gasteiger partial charge in [-0.25, -0.2) is 0 Å². The van der Waals surface area contributed by atoms with Crippen molar-refractivity contribution in [3.05, 3.63) is 71.8 Å². The molecule has 0 radical (unpaired) electrons. The molecule has 0 saturated carbocycles. The van der Waals surface area contributed by atoms with Crippen LogP contribution in [0.4, 0.5) is 0 Å². The molecule has 2 atom stereocenters.